The monoisotopic (exact) mass is 168 g/mol. The van der Waals surface area contributed by atoms with Crippen molar-refractivity contribution in [2.75, 3.05) is 0 Å². The zero-order valence-electron chi connectivity index (χ0n) is 7.92. The summed E-state index contributed by atoms with van der Waals surface area (Å²) in [7, 11) is 0. The van der Waals surface area contributed by atoms with Crippen molar-refractivity contribution in [1.82, 2.24) is 5.32 Å². The number of hydrogen-bond donors (Lipinski definition) is 1. The van der Waals surface area contributed by atoms with Gasteiger partial charge in [0.2, 0.25) is 0 Å². The Morgan fingerprint density at radius 3 is 2.83 bits per heavy atom. The van der Waals surface area contributed by atoms with Crippen LogP contribution in [-0.2, 0) is 4.74 Å². The van der Waals surface area contributed by atoms with Gasteiger partial charge in [0, 0.05) is 5.54 Å². The molecule has 1 heterocycles. The van der Waals surface area contributed by atoms with E-state index in [2.05, 4.69) is 25.2 Å². The number of nitriles is 1. The van der Waals surface area contributed by atoms with Gasteiger partial charge in [-0.25, -0.2) is 0 Å². The van der Waals surface area contributed by atoms with Gasteiger partial charge < -0.3 is 4.74 Å². The fourth-order valence-corrected chi connectivity index (χ4v) is 1.76. The van der Waals surface area contributed by atoms with Crippen molar-refractivity contribution in [3.63, 3.8) is 0 Å². The Kier molecular flexibility index (Phi) is 2.71. The minimum Gasteiger partial charge on any atom is -0.359 e. The van der Waals surface area contributed by atoms with E-state index in [0.29, 0.717) is 6.42 Å². The number of ether oxygens (including phenoxy) is 1. The van der Waals surface area contributed by atoms with Crippen LogP contribution in [0, 0.1) is 11.3 Å². The van der Waals surface area contributed by atoms with Crippen molar-refractivity contribution in [3.8, 4) is 6.07 Å². The highest BCUT2D eigenvalue weighted by molar-refractivity contribution is 4.89. The highest BCUT2D eigenvalue weighted by Gasteiger charge is 2.31. The molecule has 1 aliphatic heterocycles. The van der Waals surface area contributed by atoms with E-state index in [1.807, 2.05) is 6.92 Å². The molecule has 0 radical (unpaired) electrons. The molecule has 1 fully saturated rings. The van der Waals surface area contributed by atoms with Crippen LogP contribution >= 0.6 is 0 Å². The number of rotatable bonds is 1. The quantitative estimate of drug-likeness (QED) is 0.643. The van der Waals surface area contributed by atoms with E-state index in [1.165, 1.54) is 0 Å². The van der Waals surface area contributed by atoms with Gasteiger partial charge in [0.15, 0.2) is 0 Å². The summed E-state index contributed by atoms with van der Waals surface area (Å²) < 4.78 is 5.53. The summed E-state index contributed by atoms with van der Waals surface area (Å²) in [6, 6.07) is 2.11. The van der Waals surface area contributed by atoms with E-state index in [-0.39, 0.29) is 17.9 Å². The van der Waals surface area contributed by atoms with Crippen LogP contribution in [0.1, 0.15) is 33.6 Å². The Balaban J connectivity index is 2.53. The minimum atomic E-state index is -0.0891. The molecule has 68 valence electrons. The Bertz CT molecular complexity index is 195. The van der Waals surface area contributed by atoms with E-state index < -0.39 is 0 Å². The lowest BCUT2D eigenvalue weighted by Gasteiger charge is -2.39. The lowest BCUT2D eigenvalue weighted by atomic mass is 9.95. The maximum absolute atomic E-state index is 8.50. The number of hydrogen-bond acceptors (Lipinski definition) is 3. The molecule has 3 heteroatoms. The average molecular weight is 168 g/mol. The largest absolute Gasteiger partial charge is 0.359 e. The van der Waals surface area contributed by atoms with Crippen LogP contribution in [0.2, 0.25) is 0 Å². The predicted octanol–water partition coefficient (Wildman–Crippen LogP) is 1.40. The van der Waals surface area contributed by atoms with Crippen molar-refractivity contribution in [1.29, 1.82) is 5.26 Å². The molecule has 1 N–H and O–H groups in total. The molecule has 0 aromatic heterocycles. The van der Waals surface area contributed by atoms with Crippen molar-refractivity contribution in [2.45, 2.75) is 51.5 Å². The smallest absolute Gasteiger partial charge is 0.122 e. The standard InChI is InChI=1S/C9H16N2O/c1-7-6-9(2,3)11-8(12-7)4-5-10/h7-8,11H,4,6H2,1-3H3. The van der Waals surface area contributed by atoms with Crippen LogP contribution in [0.5, 0.6) is 0 Å². The number of nitrogens with one attached hydrogen (secondary N) is 1. The molecule has 1 rings (SSSR count). The first kappa shape index (κ1) is 9.50. The molecule has 0 amide bonds. The molecule has 0 spiro atoms. The summed E-state index contributed by atoms with van der Waals surface area (Å²) in [4.78, 5) is 0. The van der Waals surface area contributed by atoms with Crippen molar-refractivity contribution >= 4 is 0 Å². The second kappa shape index (κ2) is 3.42. The van der Waals surface area contributed by atoms with Crippen LogP contribution in [0.4, 0.5) is 0 Å². The summed E-state index contributed by atoms with van der Waals surface area (Å²) in [5.74, 6) is 0. The third kappa shape index (κ3) is 2.47. The molecule has 12 heavy (non-hydrogen) atoms. The van der Waals surface area contributed by atoms with E-state index in [4.69, 9.17) is 10.00 Å². The van der Waals surface area contributed by atoms with Gasteiger partial charge in [-0.1, -0.05) is 0 Å². The molecule has 0 bridgehead atoms. The SMILES string of the molecule is CC1CC(C)(C)NC(CC#N)O1. The van der Waals surface area contributed by atoms with Gasteiger partial charge in [-0.15, -0.1) is 0 Å². The fourth-order valence-electron chi connectivity index (χ4n) is 1.76. The van der Waals surface area contributed by atoms with Crippen LogP contribution in [0.25, 0.3) is 0 Å². The first-order valence-electron chi connectivity index (χ1n) is 4.33. The molecule has 0 aliphatic carbocycles. The lowest BCUT2D eigenvalue weighted by molar-refractivity contribution is -0.0841. The molecular formula is C9H16N2O. The zero-order chi connectivity index (χ0) is 9.19. The minimum absolute atomic E-state index is 0.0891. The molecule has 0 aromatic rings. The van der Waals surface area contributed by atoms with Crippen LogP contribution in [0.15, 0.2) is 0 Å². The Morgan fingerprint density at radius 1 is 1.67 bits per heavy atom. The Hall–Kier alpha value is -0.590. The van der Waals surface area contributed by atoms with E-state index in [0.717, 1.165) is 6.42 Å². The Morgan fingerprint density at radius 2 is 2.33 bits per heavy atom. The summed E-state index contributed by atoms with van der Waals surface area (Å²) >= 11 is 0. The lowest BCUT2D eigenvalue weighted by Crippen LogP contribution is -2.54. The van der Waals surface area contributed by atoms with Crippen molar-refractivity contribution in [2.24, 2.45) is 0 Å². The molecule has 1 saturated heterocycles. The van der Waals surface area contributed by atoms with Gasteiger partial charge in [0.25, 0.3) is 0 Å². The van der Waals surface area contributed by atoms with Crippen molar-refractivity contribution < 1.29 is 4.74 Å². The summed E-state index contributed by atoms with van der Waals surface area (Å²) in [6.07, 6.45) is 1.58. The highest BCUT2D eigenvalue weighted by Crippen LogP contribution is 2.21. The zero-order valence-corrected chi connectivity index (χ0v) is 7.92. The second-order valence-corrected chi connectivity index (χ2v) is 4.03. The van der Waals surface area contributed by atoms with Crippen LogP contribution in [-0.4, -0.2) is 17.9 Å². The molecule has 0 saturated carbocycles. The topological polar surface area (TPSA) is 45.0 Å². The van der Waals surface area contributed by atoms with Crippen molar-refractivity contribution in [3.05, 3.63) is 0 Å². The summed E-state index contributed by atoms with van der Waals surface area (Å²) in [6.45, 7) is 6.32. The maximum atomic E-state index is 8.50. The van der Waals surface area contributed by atoms with Gasteiger partial charge >= 0.3 is 0 Å². The molecule has 3 nitrogen and oxygen atoms in total. The van der Waals surface area contributed by atoms with E-state index in [1.54, 1.807) is 0 Å². The van der Waals surface area contributed by atoms with Crippen LogP contribution in [0.3, 0.4) is 0 Å². The van der Waals surface area contributed by atoms with Gasteiger partial charge in [-0.05, 0) is 27.2 Å². The molecular weight excluding hydrogens is 152 g/mol. The average Bonchev–Trinajstić information content (AvgIpc) is 1.82. The normalized spacial score (nSPS) is 34.2. The fraction of sp³-hybridized carbons (Fsp3) is 0.889. The van der Waals surface area contributed by atoms with E-state index >= 15 is 0 Å². The van der Waals surface area contributed by atoms with E-state index in [9.17, 15) is 0 Å². The third-order valence-electron chi connectivity index (χ3n) is 2.02. The third-order valence-corrected chi connectivity index (χ3v) is 2.02. The number of nitrogens with zero attached hydrogens (tertiary/aromatic N) is 1. The first-order chi connectivity index (χ1) is 5.53. The summed E-state index contributed by atoms with van der Waals surface area (Å²) in [5.41, 5.74) is 0.0964. The molecule has 2 unspecified atom stereocenters. The highest BCUT2D eigenvalue weighted by atomic mass is 16.5. The maximum Gasteiger partial charge on any atom is 0.122 e. The van der Waals surface area contributed by atoms with Gasteiger partial charge in [0.1, 0.15) is 6.23 Å². The summed E-state index contributed by atoms with van der Waals surface area (Å²) in [5, 5.41) is 11.8. The van der Waals surface area contributed by atoms with Gasteiger partial charge in [0.05, 0.1) is 18.6 Å². The van der Waals surface area contributed by atoms with Gasteiger partial charge in [-0.2, -0.15) is 5.26 Å². The van der Waals surface area contributed by atoms with Crippen LogP contribution < -0.4 is 5.32 Å². The van der Waals surface area contributed by atoms with Gasteiger partial charge in [-0.3, -0.25) is 5.32 Å². The molecule has 1 aliphatic rings. The predicted molar refractivity (Wildman–Crippen MR) is 46.4 cm³/mol. The Labute approximate surface area is 73.7 Å². The molecule has 0 aromatic carbocycles. The first-order valence-corrected chi connectivity index (χ1v) is 4.33. The second-order valence-electron chi connectivity index (χ2n) is 4.03. The molecule has 2 atom stereocenters.